The van der Waals surface area contributed by atoms with E-state index in [1.54, 1.807) is 0 Å². The lowest BCUT2D eigenvalue weighted by Crippen LogP contribution is -2.18. The molecule has 1 N–H and O–H groups in total. The highest BCUT2D eigenvalue weighted by molar-refractivity contribution is 7.14. The third kappa shape index (κ3) is 3.08. The fraction of sp³-hybridized carbons (Fsp3) is 0.375. The summed E-state index contributed by atoms with van der Waals surface area (Å²) < 4.78 is 0. The lowest BCUT2D eigenvalue weighted by molar-refractivity contribution is 0.103. The van der Waals surface area contributed by atoms with Crippen molar-refractivity contribution in [1.82, 2.24) is 4.98 Å². The average molecular weight is 301 g/mol. The Kier molecular flexibility index (Phi) is 3.92. The van der Waals surface area contributed by atoms with Gasteiger partial charge in [-0.2, -0.15) is 0 Å². The monoisotopic (exact) mass is 301 g/mol. The second-order valence-corrected chi connectivity index (χ2v) is 6.66. The molecule has 0 radical (unpaired) electrons. The van der Waals surface area contributed by atoms with E-state index in [4.69, 9.17) is 0 Å². The summed E-state index contributed by atoms with van der Waals surface area (Å²) in [5, 5.41) is 2.86. The molecule has 1 aliphatic rings. The summed E-state index contributed by atoms with van der Waals surface area (Å²) in [5.41, 5.74) is 2.29. The minimum Gasteiger partial charge on any atom is -0.370 e. The molecule has 1 saturated heterocycles. The van der Waals surface area contributed by atoms with Crippen LogP contribution in [0.15, 0.2) is 24.4 Å². The minimum atomic E-state index is -0.0855. The molecule has 110 valence electrons. The van der Waals surface area contributed by atoms with Gasteiger partial charge in [0.1, 0.15) is 5.82 Å². The second kappa shape index (κ2) is 5.85. The maximum atomic E-state index is 12.2. The highest BCUT2D eigenvalue weighted by Crippen LogP contribution is 2.23. The van der Waals surface area contributed by atoms with Crippen LogP contribution in [0.5, 0.6) is 0 Å². The number of amides is 1. The van der Waals surface area contributed by atoms with Gasteiger partial charge in [0, 0.05) is 18.0 Å². The molecule has 5 heteroatoms. The Labute approximate surface area is 128 Å². The Hall–Kier alpha value is -1.88. The highest BCUT2D eigenvalue weighted by Gasteiger charge is 2.14. The van der Waals surface area contributed by atoms with Crippen LogP contribution in [0.25, 0.3) is 0 Å². The smallest absolute Gasteiger partial charge is 0.266 e. The summed E-state index contributed by atoms with van der Waals surface area (Å²) in [6, 6.07) is 5.83. The second-order valence-electron chi connectivity index (χ2n) is 5.40. The number of hydrogen-bond donors (Lipinski definition) is 1. The van der Waals surface area contributed by atoms with E-state index in [1.165, 1.54) is 29.1 Å². The normalized spacial score (nSPS) is 14.5. The molecule has 21 heavy (non-hydrogen) atoms. The molecule has 0 bridgehead atoms. The van der Waals surface area contributed by atoms with Crippen molar-refractivity contribution in [1.29, 1.82) is 0 Å². The minimum absolute atomic E-state index is 0.0855. The van der Waals surface area contributed by atoms with E-state index in [1.807, 2.05) is 38.2 Å². The number of nitrogens with one attached hydrogen (secondary N) is 1. The van der Waals surface area contributed by atoms with Crippen molar-refractivity contribution < 1.29 is 4.79 Å². The predicted molar refractivity (Wildman–Crippen MR) is 87.4 cm³/mol. The third-order valence-corrected chi connectivity index (χ3v) is 5.00. The molecule has 1 aliphatic heterocycles. The summed E-state index contributed by atoms with van der Waals surface area (Å²) in [6.07, 6.45) is 4.33. The number of rotatable bonds is 3. The number of pyridine rings is 1. The zero-order valence-corrected chi connectivity index (χ0v) is 13.2. The summed E-state index contributed by atoms with van der Waals surface area (Å²) in [4.78, 5) is 20.8. The maximum absolute atomic E-state index is 12.2. The molecule has 3 rings (SSSR count). The average Bonchev–Trinajstić information content (AvgIpc) is 3.11. The van der Waals surface area contributed by atoms with E-state index in [-0.39, 0.29) is 5.91 Å². The number of hydrogen-bond acceptors (Lipinski definition) is 4. The number of aromatic nitrogens is 1. The Morgan fingerprint density at radius 2 is 2.05 bits per heavy atom. The summed E-state index contributed by atoms with van der Waals surface area (Å²) in [7, 11) is 0. The Morgan fingerprint density at radius 3 is 2.62 bits per heavy atom. The topological polar surface area (TPSA) is 45.2 Å². The molecule has 0 aliphatic carbocycles. The van der Waals surface area contributed by atoms with Gasteiger partial charge in [-0.3, -0.25) is 4.79 Å². The van der Waals surface area contributed by atoms with Crippen molar-refractivity contribution in [2.45, 2.75) is 26.7 Å². The van der Waals surface area contributed by atoms with Crippen LogP contribution in [-0.2, 0) is 0 Å². The Bertz CT molecular complexity index is 623. The first-order valence-corrected chi connectivity index (χ1v) is 8.04. The number of anilines is 2. The molecule has 0 unspecified atom stereocenters. The summed E-state index contributed by atoms with van der Waals surface area (Å²) in [5.74, 6) is 0.518. The van der Waals surface area contributed by atoms with Crippen molar-refractivity contribution >= 4 is 28.7 Å². The first-order chi connectivity index (χ1) is 10.1. The number of thiophene rings is 1. The van der Waals surface area contributed by atoms with Gasteiger partial charge >= 0.3 is 0 Å². The van der Waals surface area contributed by atoms with Gasteiger partial charge in [-0.25, -0.2) is 4.98 Å². The standard InChI is InChI=1S/C16H19N3OS/c1-11-9-14(21-12(11)2)16(20)18-15-6-5-13(10-17-15)19-7-3-4-8-19/h5-6,9-10H,3-4,7-8H2,1-2H3,(H,17,18,20). The molecule has 3 heterocycles. The molecule has 1 fully saturated rings. The van der Waals surface area contributed by atoms with Crippen molar-refractivity contribution in [2.75, 3.05) is 23.3 Å². The molecule has 0 spiro atoms. The third-order valence-electron chi connectivity index (χ3n) is 3.85. The van der Waals surface area contributed by atoms with Crippen LogP contribution < -0.4 is 10.2 Å². The van der Waals surface area contributed by atoms with E-state index in [0.717, 1.165) is 29.2 Å². The zero-order chi connectivity index (χ0) is 14.8. The number of aryl methyl sites for hydroxylation is 2. The Morgan fingerprint density at radius 1 is 1.29 bits per heavy atom. The van der Waals surface area contributed by atoms with E-state index >= 15 is 0 Å². The molecular formula is C16H19N3OS. The zero-order valence-electron chi connectivity index (χ0n) is 12.3. The van der Waals surface area contributed by atoms with Crippen LogP contribution in [0.3, 0.4) is 0 Å². The molecule has 2 aromatic heterocycles. The van der Waals surface area contributed by atoms with Crippen molar-refractivity contribution in [3.8, 4) is 0 Å². The van der Waals surface area contributed by atoms with E-state index in [0.29, 0.717) is 5.82 Å². The van der Waals surface area contributed by atoms with Gasteiger partial charge in [-0.15, -0.1) is 11.3 Å². The van der Waals surface area contributed by atoms with Crippen molar-refractivity contribution in [3.63, 3.8) is 0 Å². The fourth-order valence-electron chi connectivity index (χ4n) is 2.49. The number of nitrogens with zero attached hydrogens (tertiary/aromatic N) is 2. The van der Waals surface area contributed by atoms with E-state index < -0.39 is 0 Å². The fourth-order valence-corrected chi connectivity index (χ4v) is 3.41. The first-order valence-electron chi connectivity index (χ1n) is 7.23. The molecule has 4 nitrogen and oxygen atoms in total. The van der Waals surface area contributed by atoms with Crippen LogP contribution in [0.2, 0.25) is 0 Å². The van der Waals surface area contributed by atoms with E-state index in [2.05, 4.69) is 15.2 Å². The molecule has 1 amide bonds. The molecular weight excluding hydrogens is 282 g/mol. The van der Waals surface area contributed by atoms with Crippen LogP contribution in [0.1, 0.15) is 33.0 Å². The van der Waals surface area contributed by atoms with Crippen molar-refractivity contribution in [3.05, 3.63) is 39.7 Å². The quantitative estimate of drug-likeness (QED) is 0.942. The summed E-state index contributed by atoms with van der Waals surface area (Å²) in [6.45, 7) is 6.24. The first kappa shape index (κ1) is 14.1. The maximum Gasteiger partial charge on any atom is 0.266 e. The predicted octanol–water partition coefficient (Wildman–Crippen LogP) is 3.61. The molecule has 0 aromatic carbocycles. The van der Waals surface area contributed by atoms with Gasteiger partial charge in [0.15, 0.2) is 0 Å². The number of carbonyl (C=O) groups is 1. The highest BCUT2D eigenvalue weighted by atomic mass is 32.1. The van der Waals surface area contributed by atoms with Gasteiger partial charge in [-0.05, 0) is 50.5 Å². The number of carbonyl (C=O) groups excluding carboxylic acids is 1. The van der Waals surface area contributed by atoms with Gasteiger partial charge in [-0.1, -0.05) is 0 Å². The summed E-state index contributed by atoms with van der Waals surface area (Å²) >= 11 is 1.52. The van der Waals surface area contributed by atoms with Crippen LogP contribution in [0, 0.1) is 13.8 Å². The van der Waals surface area contributed by atoms with Gasteiger partial charge in [0.05, 0.1) is 16.8 Å². The van der Waals surface area contributed by atoms with E-state index in [9.17, 15) is 4.79 Å². The lowest BCUT2D eigenvalue weighted by atomic mass is 10.3. The van der Waals surface area contributed by atoms with Crippen molar-refractivity contribution in [2.24, 2.45) is 0 Å². The SMILES string of the molecule is Cc1cc(C(=O)Nc2ccc(N3CCCC3)cn2)sc1C. The molecule has 0 saturated carbocycles. The largest absolute Gasteiger partial charge is 0.370 e. The van der Waals surface area contributed by atoms with Gasteiger partial charge in [0.2, 0.25) is 0 Å². The van der Waals surface area contributed by atoms with Crippen LogP contribution in [-0.4, -0.2) is 24.0 Å². The molecule has 2 aromatic rings. The van der Waals surface area contributed by atoms with Crippen LogP contribution in [0.4, 0.5) is 11.5 Å². The Balaban J connectivity index is 1.68. The van der Waals surface area contributed by atoms with Crippen LogP contribution >= 0.6 is 11.3 Å². The van der Waals surface area contributed by atoms with Gasteiger partial charge < -0.3 is 10.2 Å². The lowest BCUT2D eigenvalue weighted by Gasteiger charge is -2.17. The van der Waals surface area contributed by atoms with Gasteiger partial charge in [0.25, 0.3) is 5.91 Å². The molecule has 0 atom stereocenters.